The Balaban J connectivity index is -0.000000189. The van der Waals surface area contributed by atoms with Gasteiger partial charge in [-0.2, -0.15) is 0 Å². The Morgan fingerprint density at radius 2 is 1.00 bits per heavy atom. The fraction of sp³-hybridized carbons (Fsp3) is 0.682. The Kier molecular flexibility index (Phi) is 31.2. The van der Waals surface area contributed by atoms with Crippen molar-refractivity contribution in [3.8, 4) is 0 Å². The van der Waals surface area contributed by atoms with E-state index in [2.05, 4.69) is 49.8 Å². The molecule has 7 N–H and O–H groups in total. The predicted molar refractivity (Wildman–Crippen MR) is 144 cm³/mol. The zero-order valence-corrected chi connectivity index (χ0v) is 23.6. The van der Waals surface area contributed by atoms with Crippen LogP contribution in [0.15, 0.2) is 24.6 Å². The summed E-state index contributed by atoms with van der Waals surface area (Å²) in [6.07, 6.45) is 2.07. The molecule has 0 radical (unpaired) electrons. The number of sulfonamides is 1. The summed E-state index contributed by atoms with van der Waals surface area (Å²) in [4.78, 5) is 30.9. The molecule has 0 aromatic rings. The topological polar surface area (TPSA) is 170 Å². The molecule has 0 rings (SSSR count). The van der Waals surface area contributed by atoms with Gasteiger partial charge in [0.15, 0.2) is 0 Å². The van der Waals surface area contributed by atoms with Gasteiger partial charge in [-0.3, -0.25) is 14.4 Å². The summed E-state index contributed by atoms with van der Waals surface area (Å²) in [5, 5.41) is 16.6. The molecule has 0 aliphatic heterocycles. The molecule has 35 heavy (non-hydrogen) atoms. The number of hydrogen-bond donors (Lipinski definition) is 7. The number of carbonyl (C=O) groups excluding carboxylic acids is 3. The van der Waals surface area contributed by atoms with Crippen LogP contribution in [0.4, 0.5) is 0 Å². The first-order valence-corrected chi connectivity index (χ1v) is 13.0. The maximum atomic E-state index is 10.5. The number of rotatable bonds is 13. The van der Waals surface area contributed by atoms with E-state index in [1.54, 1.807) is 0 Å². The lowest BCUT2D eigenvalue weighted by molar-refractivity contribution is -0.119. The molecule has 13 heteroatoms. The highest BCUT2D eigenvalue weighted by atomic mass is 32.2. The van der Waals surface area contributed by atoms with Gasteiger partial charge in [-0.1, -0.05) is 13.2 Å². The van der Waals surface area contributed by atoms with Gasteiger partial charge in [0.1, 0.15) is 0 Å². The molecular formula is C22H49N7O5S. The maximum absolute atomic E-state index is 10.5. The molecule has 0 bridgehead atoms. The first-order valence-electron chi connectivity index (χ1n) is 11.1. The largest absolute Gasteiger partial charge is 0.392 e. The highest BCUT2D eigenvalue weighted by Crippen LogP contribution is 1.74. The van der Waals surface area contributed by atoms with Crippen molar-refractivity contribution in [2.45, 2.75) is 41.0 Å². The Hall–Kier alpha value is -2.64. The van der Waals surface area contributed by atoms with Gasteiger partial charge in [-0.15, -0.1) is 0 Å². The average Bonchev–Trinajstić information content (AvgIpc) is 2.72. The lowest BCUT2D eigenvalue weighted by atomic mass is 10.4. The molecule has 0 unspecified atom stereocenters. The van der Waals surface area contributed by atoms with Crippen LogP contribution in [0.2, 0.25) is 0 Å². The lowest BCUT2D eigenvalue weighted by Gasteiger charge is -2.04. The Morgan fingerprint density at radius 3 is 1.31 bits per heavy atom. The van der Waals surface area contributed by atoms with Crippen LogP contribution < -0.4 is 36.6 Å². The summed E-state index contributed by atoms with van der Waals surface area (Å²) in [5.74, 6) is -0.116. The van der Waals surface area contributed by atoms with E-state index in [1.165, 1.54) is 20.8 Å². The van der Waals surface area contributed by atoms with Crippen LogP contribution in [0.25, 0.3) is 0 Å². The number of hydrogen-bond acceptors (Lipinski definition) is 8. The summed E-state index contributed by atoms with van der Waals surface area (Å²) < 4.78 is 23.1. The van der Waals surface area contributed by atoms with Crippen molar-refractivity contribution in [2.24, 2.45) is 0 Å². The molecule has 0 heterocycles. The van der Waals surface area contributed by atoms with E-state index in [0.29, 0.717) is 13.1 Å². The highest BCUT2D eigenvalue weighted by Gasteiger charge is 1.98. The van der Waals surface area contributed by atoms with Crippen LogP contribution in [-0.4, -0.2) is 85.8 Å². The third-order valence-corrected chi connectivity index (χ3v) is 3.92. The fourth-order valence-corrected chi connectivity index (χ4v) is 1.99. The third kappa shape index (κ3) is 65.2. The molecule has 0 aromatic carbocycles. The average molecular weight is 524 g/mol. The molecule has 0 aromatic heterocycles. The maximum Gasteiger partial charge on any atom is 0.216 e. The quantitative estimate of drug-likeness (QED) is 0.157. The second-order valence-corrected chi connectivity index (χ2v) is 9.14. The Bertz CT molecular complexity index is 682. The minimum atomic E-state index is -3.12. The van der Waals surface area contributed by atoms with Gasteiger partial charge in [0.05, 0.1) is 6.26 Å². The minimum Gasteiger partial charge on any atom is -0.392 e. The van der Waals surface area contributed by atoms with E-state index in [-0.39, 0.29) is 24.3 Å². The van der Waals surface area contributed by atoms with Crippen LogP contribution in [-0.2, 0) is 24.4 Å². The molecule has 208 valence electrons. The first kappa shape index (κ1) is 39.6. The molecule has 0 aliphatic carbocycles. The van der Waals surface area contributed by atoms with Crippen molar-refractivity contribution in [3.05, 3.63) is 24.6 Å². The SMILES string of the molecule is C=C(C)NC.C=C(C)NCCNC(C)=O.CC(=O)NCCNS(C)(=O)=O.CNCCCNC(C)=O. The van der Waals surface area contributed by atoms with E-state index in [9.17, 15) is 22.8 Å². The molecular weight excluding hydrogens is 474 g/mol. The summed E-state index contributed by atoms with van der Waals surface area (Å²) in [5.41, 5.74) is 1.93. The Labute approximate surface area is 212 Å². The number of nitrogens with one attached hydrogen (secondary N) is 7. The van der Waals surface area contributed by atoms with Crippen LogP contribution in [0.5, 0.6) is 0 Å². The standard InChI is InChI=1S/C7H14N2O.C6H14N2O.C5H12N2O3S.C4H9N/c1-6(2)8-4-5-9-7(3)10;1-6(9)8-5-3-4-7-2;1-5(8)6-3-4-7-11(2,9)10;1-4(2)5-3/h8H,1,4-5H2,2-3H3,(H,9,10);7H,3-5H2,1-2H3,(H,8,9);7H,3-4H2,1-2H3,(H,6,8);5H,1H2,2-3H3. The third-order valence-electron chi connectivity index (χ3n) is 3.19. The zero-order valence-electron chi connectivity index (χ0n) is 22.8. The van der Waals surface area contributed by atoms with Crippen molar-refractivity contribution in [3.63, 3.8) is 0 Å². The van der Waals surface area contributed by atoms with E-state index < -0.39 is 10.0 Å². The van der Waals surface area contributed by atoms with Crippen molar-refractivity contribution in [2.75, 3.05) is 59.6 Å². The molecule has 12 nitrogen and oxygen atoms in total. The van der Waals surface area contributed by atoms with E-state index in [4.69, 9.17) is 0 Å². The van der Waals surface area contributed by atoms with Gasteiger partial charge in [0.25, 0.3) is 0 Å². The molecule has 0 saturated heterocycles. The summed E-state index contributed by atoms with van der Waals surface area (Å²) >= 11 is 0. The Morgan fingerprint density at radius 1 is 0.629 bits per heavy atom. The highest BCUT2D eigenvalue weighted by molar-refractivity contribution is 7.88. The summed E-state index contributed by atoms with van der Waals surface area (Å²) in [6.45, 7) is 19.1. The van der Waals surface area contributed by atoms with Crippen LogP contribution in [0.3, 0.4) is 0 Å². The molecule has 3 amide bonds. The van der Waals surface area contributed by atoms with Crippen molar-refractivity contribution in [1.82, 2.24) is 36.6 Å². The monoisotopic (exact) mass is 523 g/mol. The second-order valence-electron chi connectivity index (χ2n) is 7.31. The predicted octanol–water partition coefficient (Wildman–Crippen LogP) is -0.611. The van der Waals surface area contributed by atoms with Gasteiger partial charge in [-0.05, 0) is 39.6 Å². The van der Waals surface area contributed by atoms with Gasteiger partial charge in [-0.25, -0.2) is 13.1 Å². The van der Waals surface area contributed by atoms with Crippen LogP contribution in [0, 0.1) is 0 Å². The van der Waals surface area contributed by atoms with Crippen LogP contribution >= 0.6 is 0 Å². The fourth-order valence-electron chi connectivity index (χ4n) is 1.52. The zero-order chi connectivity index (χ0) is 28.3. The molecule has 0 aliphatic rings. The van der Waals surface area contributed by atoms with Crippen molar-refractivity contribution >= 4 is 27.7 Å². The molecule has 0 fully saturated rings. The van der Waals surface area contributed by atoms with E-state index in [0.717, 1.165) is 43.7 Å². The van der Waals surface area contributed by atoms with Crippen molar-refractivity contribution in [1.29, 1.82) is 0 Å². The number of amides is 3. The van der Waals surface area contributed by atoms with Gasteiger partial charge in [0, 0.05) is 66.2 Å². The summed E-state index contributed by atoms with van der Waals surface area (Å²) in [6, 6.07) is 0. The minimum absolute atomic E-state index is 0.00325. The molecule has 0 saturated carbocycles. The smallest absolute Gasteiger partial charge is 0.216 e. The second kappa shape index (κ2) is 27.6. The van der Waals surface area contributed by atoms with Gasteiger partial charge < -0.3 is 31.9 Å². The lowest BCUT2D eigenvalue weighted by Crippen LogP contribution is -2.32. The van der Waals surface area contributed by atoms with Gasteiger partial charge in [0.2, 0.25) is 27.7 Å². The number of allylic oxidation sites excluding steroid dienone is 2. The van der Waals surface area contributed by atoms with Crippen molar-refractivity contribution < 1.29 is 22.8 Å². The molecule has 0 spiro atoms. The number of carbonyl (C=O) groups is 3. The van der Waals surface area contributed by atoms with Gasteiger partial charge >= 0.3 is 0 Å². The van der Waals surface area contributed by atoms with Crippen LogP contribution in [0.1, 0.15) is 41.0 Å². The summed E-state index contributed by atoms with van der Waals surface area (Å²) in [7, 11) is 0.623. The van der Waals surface area contributed by atoms with E-state index in [1.807, 2.05) is 27.9 Å². The normalized spacial score (nSPS) is 9.26. The first-order chi connectivity index (χ1) is 16.1. The van der Waals surface area contributed by atoms with E-state index >= 15 is 0 Å². The molecule has 0 atom stereocenters.